The monoisotopic (exact) mass is 409 g/mol. The number of hydrogen-bond acceptors (Lipinski definition) is 3. The number of benzene rings is 2. The molecule has 2 rings (SSSR count). The van der Waals surface area contributed by atoms with Crippen molar-refractivity contribution < 1.29 is 41.2 Å². The molecule has 2 aromatic rings. The molecule has 0 atom stereocenters. The molecule has 28 heavy (non-hydrogen) atoms. The molecule has 0 saturated heterocycles. The topological polar surface area (TPSA) is 80.4 Å². The number of carbonyl (C=O) groups is 1. The quantitative estimate of drug-likeness (QED) is 0.426. The van der Waals surface area contributed by atoms with Crippen LogP contribution in [0.25, 0.3) is 0 Å². The van der Waals surface area contributed by atoms with Crippen LogP contribution in [-0.2, 0) is 23.6 Å². The number of nitro benzene ring substituents is 1. The zero-order valence-corrected chi connectivity index (χ0v) is 14.1. The van der Waals surface area contributed by atoms with Gasteiger partial charge in [-0.25, -0.2) is 0 Å². The highest BCUT2D eigenvalue weighted by Crippen LogP contribution is 2.37. The maximum absolute atomic E-state index is 12.3. The Morgan fingerprint density at radius 2 is 1.61 bits per heavy atom. The van der Waals surface area contributed by atoms with Gasteiger partial charge in [-0.3, -0.25) is 14.9 Å². The third-order valence-corrected chi connectivity index (χ3v) is 3.34. The van der Waals surface area contributed by atoms with Crippen molar-refractivity contribution in [3.05, 3.63) is 74.8 Å². The average molecular weight is 409 g/mol. The standard InChI is InChI=1S/C9H7F3O2.C8H6F3NO2/c10-9(11,12)7-3-1-2-6(4-7)5-8(13)14;1-5-3-2-4-6(8(9,10)11)7(5)12(13)14/h1-4H,5H2,(H,13,14);2-4H,1H3. The summed E-state index contributed by atoms with van der Waals surface area (Å²) >= 11 is 0. The Morgan fingerprint density at radius 1 is 1.04 bits per heavy atom. The maximum Gasteiger partial charge on any atom is 0.423 e. The lowest BCUT2D eigenvalue weighted by Crippen LogP contribution is -2.09. The van der Waals surface area contributed by atoms with Gasteiger partial charge >= 0.3 is 18.3 Å². The number of hydrogen-bond donors (Lipinski definition) is 1. The van der Waals surface area contributed by atoms with Gasteiger partial charge in [-0.1, -0.05) is 30.3 Å². The minimum atomic E-state index is -4.69. The Morgan fingerprint density at radius 3 is 2.04 bits per heavy atom. The second kappa shape index (κ2) is 8.72. The fourth-order valence-electron chi connectivity index (χ4n) is 2.16. The third kappa shape index (κ3) is 6.56. The highest BCUT2D eigenvalue weighted by molar-refractivity contribution is 5.70. The van der Waals surface area contributed by atoms with E-state index in [1.54, 1.807) is 0 Å². The first-order chi connectivity index (χ1) is 12.7. The predicted octanol–water partition coefficient (Wildman–Crippen LogP) is 5.25. The molecule has 0 heterocycles. The van der Waals surface area contributed by atoms with Gasteiger partial charge in [0.25, 0.3) is 5.69 Å². The predicted molar refractivity (Wildman–Crippen MR) is 85.6 cm³/mol. The van der Waals surface area contributed by atoms with Crippen LogP contribution >= 0.6 is 0 Å². The van der Waals surface area contributed by atoms with Crippen molar-refractivity contribution in [3.63, 3.8) is 0 Å². The van der Waals surface area contributed by atoms with Crippen molar-refractivity contribution in [2.75, 3.05) is 0 Å². The summed E-state index contributed by atoms with van der Waals surface area (Å²) in [6.45, 7) is 1.27. The SMILES string of the molecule is Cc1cccc(C(F)(F)F)c1[N+](=O)[O-].O=C(O)Cc1cccc(C(F)(F)F)c1. The van der Waals surface area contributed by atoms with E-state index < -0.39 is 46.5 Å². The number of para-hydroxylation sites is 1. The fourth-order valence-corrected chi connectivity index (χ4v) is 2.16. The number of rotatable bonds is 3. The number of nitrogens with zero attached hydrogens (tertiary/aromatic N) is 1. The number of halogens is 6. The summed E-state index contributed by atoms with van der Waals surface area (Å²) in [5.74, 6) is -1.15. The normalized spacial score (nSPS) is 11.4. The summed E-state index contributed by atoms with van der Waals surface area (Å²) in [6.07, 6.45) is -9.51. The van der Waals surface area contributed by atoms with Crippen LogP contribution in [0, 0.1) is 17.0 Å². The van der Waals surface area contributed by atoms with Crippen LogP contribution in [0.5, 0.6) is 0 Å². The van der Waals surface area contributed by atoms with Crippen LogP contribution < -0.4 is 0 Å². The molecule has 0 aliphatic carbocycles. The first-order valence-electron chi connectivity index (χ1n) is 7.42. The van der Waals surface area contributed by atoms with Crippen molar-refractivity contribution in [1.29, 1.82) is 0 Å². The van der Waals surface area contributed by atoms with Gasteiger partial charge < -0.3 is 5.11 Å². The number of aryl methyl sites for hydroxylation is 1. The fraction of sp³-hybridized carbons (Fsp3) is 0.235. The van der Waals surface area contributed by atoms with Crippen LogP contribution in [0.3, 0.4) is 0 Å². The lowest BCUT2D eigenvalue weighted by Gasteiger charge is -2.08. The Hall–Kier alpha value is -3.11. The molecule has 0 amide bonds. The third-order valence-electron chi connectivity index (χ3n) is 3.34. The average Bonchev–Trinajstić information content (AvgIpc) is 2.53. The second-order valence-corrected chi connectivity index (χ2v) is 5.49. The summed E-state index contributed by atoms with van der Waals surface area (Å²) in [6, 6.07) is 7.41. The molecular formula is C17H13F6NO4. The molecule has 0 saturated carbocycles. The van der Waals surface area contributed by atoms with Crippen molar-refractivity contribution in [3.8, 4) is 0 Å². The van der Waals surface area contributed by atoms with Crippen molar-refractivity contribution in [1.82, 2.24) is 0 Å². The van der Waals surface area contributed by atoms with E-state index in [0.29, 0.717) is 6.07 Å². The Kier molecular flexibility index (Phi) is 7.14. The molecule has 0 aliphatic rings. The van der Waals surface area contributed by atoms with Gasteiger partial charge in [-0.2, -0.15) is 26.3 Å². The van der Waals surface area contributed by atoms with Gasteiger partial charge in [-0.15, -0.1) is 0 Å². The molecule has 0 radical (unpaired) electrons. The number of carboxylic acid groups (broad SMARTS) is 1. The molecular weight excluding hydrogens is 396 g/mol. The van der Waals surface area contributed by atoms with E-state index in [-0.39, 0.29) is 11.1 Å². The lowest BCUT2D eigenvalue weighted by atomic mass is 10.1. The highest BCUT2D eigenvalue weighted by Gasteiger charge is 2.38. The van der Waals surface area contributed by atoms with Crippen LogP contribution in [0.4, 0.5) is 32.0 Å². The zero-order valence-electron chi connectivity index (χ0n) is 14.1. The molecule has 0 bridgehead atoms. The number of aliphatic carboxylic acids is 1. The number of nitro groups is 1. The molecule has 11 heteroatoms. The molecule has 1 N–H and O–H groups in total. The smallest absolute Gasteiger partial charge is 0.423 e. The lowest BCUT2D eigenvalue weighted by molar-refractivity contribution is -0.388. The highest BCUT2D eigenvalue weighted by atomic mass is 19.4. The van der Waals surface area contributed by atoms with Gasteiger partial charge in [-0.05, 0) is 24.6 Å². The van der Waals surface area contributed by atoms with Gasteiger partial charge in [0.2, 0.25) is 0 Å². The van der Waals surface area contributed by atoms with Crippen molar-refractivity contribution in [2.24, 2.45) is 0 Å². The maximum atomic E-state index is 12.3. The number of alkyl halides is 6. The Bertz CT molecular complexity index is 861. The van der Waals surface area contributed by atoms with E-state index >= 15 is 0 Å². The summed E-state index contributed by atoms with van der Waals surface area (Å²) in [5, 5.41) is 18.8. The molecule has 0 spiro atoms. The molecule has 2 aromatic carbocycles. The molecule has 152 valence electrons. The molecule has 0 aromatic heterocycles. The minimum Gasteiger partial charge on any atom is -0.481 e. The first kappa shape index (κ1) is 22.9. The summed E-state index contributed by atoms with van der Waals surface area (Å²) in [4.78, 5) is 19.6. The molecule has 0 fully saturated rings. The van der Waals surface area contributed by atoms with Crippen LogP contribution in [0.1, 0.15) is 22.3 Å². The van der Waals surface area contributed by atoms with Gasteiger partial charge in [0, 0.05) is 5.56 Å². The van der Waals surface area contributed by atoms with E-state index in [4.69, 9.17) is 5.11 Å². The summed E-state index contributed by atoms with van der Waals surface area (Å²) in [5.41, 5.74) is -2.75. The molecule has 0 unspecified atom stereocenters. The van der Waals surface area contributed by atoms with Crippen molar-refractivity contribution >= 4 is 11.7 Å². The van der Waals surface area contributed by atoms with Gasteiger partial charge in [0.1, 0.15) is 5.56 Å². The first-order valence-corrected chi connectivity index (χ1v) is 7.42. The van der Waals surface area contributed by atoms with E-state index in [0.717, 1.165) is 18.2 Å². The van der Waals surface area contributed by atoms with Gasteiger partial charge in [0.05, 0.1) is 16.9 Å². The van der Waals surface area contributed by atoms with Crippen LogP contribution in [0.2, 0.25) is 0 Å². The van der Waals surface area contributed by atoms with Gasteiger partial charge in [0.15, 0.2) is 0 Å². The summed E-state index contributed by atoms with van der Waals surface area (Å²) in [7, 11) is 0. The van der Waals surface area contributed by atoms with E-state index in [9.17, 15) is 41.3 Å². The van der Waals surface area contributed by atoms with Crippen LogP contribution in [-0.4, -0.2) is 16.0 Å². The Balaban J connectivity index is 0.000000280. The van der Waals surface area contributed by atoms with Crippen LogP contribution in [0.15, 0.2) is 42.5 Å². The van der Waals surface area contributed by atoms with Crippen molar-refractivity contribution in [2.45, 2.75) is 25.7 Å². The second-order valence-electron chi connectivity index (χ2n) is 5.49. The summed E-state index contributed by atoms with van der Waals surface area (Å²) < 4.78 is 73.3. The largest absolute Gasteiger partial charge is 0.481 e. The minimum absolute atomic E-state index is 0.00447. The number of carboxylic acids is 1. The Labute approximate surface area is 154 Å². The van der Waals surface area contributed by atoms with E-state index in [1.807, 2.05) is 0 Å². The molecule has 0 aliphatic heterocycles. The van der Waals surface area contributed by atoms with E-state index in [1.165, 1.54) is 25.1 Å². The zero-order chi connectivity index (χ0) is 21.7. The van der Waals surface area contributed by atoms with E-state index in [2.05, 4.69) is 0 Å². The molecule has 5 nitrogen and oxygen atoms in total.